The summed E-state index contributed by atoms with van der Waals surface area (Å²) in [5.41, 5.74) is 29.1. The lowest BCUT2D eigenvalue weighted by Gasteiger charge is -2.30. The van der Waals surface area contributed by atoms with Crippen LogP contribution in [0.2, 0.25) is 0 Å². The van der Waals surface area contributed by atoms with E-state index in [-0.39, 0.29) is 16.2 Å². The van der Waals surface area contributed by atoms with E-state index in [0.29, 0.717) is 0 Å². The van der Waals surface area contributed by atoms with Crippen LogP contribution in [0, 0.1) is 0 Å². The van der Waals surface area contributed by atoms with Crippen molar-refractivity contribution in [2.24, 2.45) is 0 Å². The van der Waals surface area contributed by atoms with Crippen LogP contribution in [-0.4, -0.2) is 0 Å². The average molecular weight is 1190 g/mol. The Hall–Kier alpha value is -11.1. The van der Waals surface area contributed by atoms with Crippen molar-refractivity contribution in [1.29, 1.82) is 0 Å². The molecule has 0 aliphatic heterocycles. The second-order valence-corrected chi connectivity index (χ2v) is 27.6. The Morgan fingerprint density at radius 1 is 0.204 bits per heavy atom. The molecule has 0 heterocycles. The Labute approximate surface area is 545 Å². The predicted molar refractivity (Wildman–Crippen MR) is 395 cm³/mol. The molecule has 93 heavy (non-hydrogen) atoms. The first-order valence-electron chi connectivity index (χ1n) is 32.9. The molecule has 0 atom stereocenters. The minimum atomic E-state index is -0.277. The topological polar surface area (TPSA) is 6.48 Å². The maximum Gasteiger partial charge on any atom is 0.0468 e. The van der Waals surface area contributed by atoms with E-state index in [1.54, 1.807) is 0 Å². The summed E-state index contributed by atoms with van der Waals surface area (Å²) in [5, 5.41) is 9.97. The van der Waals surface area contributed by atoms with Crippen molar-refractivity contribution >= 4 is 77.2 Å². The third-order valence-corrected chi connectivity index (χ3v) is 21.3. The molecule has 0 bridgehead atoms. The first kappa shape index (κ1) is 54.8. The molecule has 3 aliphatic carbocycles. The van der Waals surface area contributed by atoms with Crippen LogP contribution in [-0.2, 0) is 16.2 Å². The molecule has 0 aromatic heterocycles. The molecule has 15 aromatic rings. The lowest BCUT2D eigenvalue weighted by atomic mass is 9.78. The van der Waals surface area contributed by atoms with Crippen LogP contribution < -0.4 is 9.80 Å². The van der Waals surface area contributed by atoms with Gasteiger partial charge in [0.1, 0.15) is 0 Å². The van der Waals surface area contributed by atoms with Crippen LogP contribution in [0.4, 0.5) is 34.1 Å². The number of para-hydroxylation sites is 2. The summed E-state index contributed by atoms with van der Waals surface area (Å²) >= 11 is 0. The number of rotatable bonds is 9. The largest absolute Gasteiger partial charge is 0.310 e. The molecule has 3 aliphatic rings. The monoisotopic (exact) mass is 1190 g/mol. The average Bonchev–Trinajstić information content (AvgIpc) is 1.70. The van der Waals surface area contributed by atoms with Crippen LogP contribution in [0.15, 0.2) is 303 Å². The lowest BCUT2D eigenvalue weighted by molar-refractivity contribution is 0.660. The molecule has 0 fully saturated rings. The summed E-state index contributed by atoms with van der Waals surface area (Å²) in [6, 6.07) is 115. The Kier molecular flexibility index (Phi) is 12.1. The van der Waals surface area contributed by atoms with Gasteiger partial charge in [0.05, 0.1) is 0 Å². The first-order valence-corrected chi connectivity index (χ1v) is 32.9. The predicted octanol–water partition coefficient (Wildman–Crippen LogP) is 25.2. The van der Waals surface area contributed by atoms with E-state index in [1.807, 2.05) is 0 Å². The number of hydrogen-bond donors (Lipinski definition) is 0. The van der Waals surface area contributed by atoms with Crippen LogP contribution in [0.1, 0.15) is 74.9 Å². The first-order chi connectivity index (χ1) is 45.4. The summed E-state index contributed by atoms with van der Waals surface area (Å²) in [5.74, 6) is 0. The van der Waals surface area contributed by atoms with Crippen molar-refractivity contribution in [3.05, 3.63) is 337 Å². The van der Waals surface area contributed by atoms with Gasteiger partial charge in [-0.15, -0.1) is 0 Å². The molecule has 442 valence electrons. The zero-order chi connectivity index (χ0) is 62.5. The van der Waals surface area contributed by atoms with Gasteiger partial charge in [0.25, 0.3) is 0 Å². The highest BCUT2D eigenvalue weighted by Gasteiger charge is 2.40. The van der Waals surface area contributed by atoms with Gasteiger partial charge in [0, 0.05) is 50.4 Å². The van der Waals surface area contributed by atoms with Gasteiger partial charge in [0.15, 0.2) is 0 Å². The van der Waals surface area contributed by atoms with Crippen LogP contribution in [0.3, 0.4) is 0 Å². The molecule has 0 saturated carbocycles. The Balaban J connectivity index is 0.934. The zero-order valence-electron chi connectivity index (χ0n) is 53.3. The number of anilines is 6. The van der Waals surface area contributed by atoms with Crippen LogP contribution in [0.5, 0.6) is 0 Å². The van der Waals surface area contributed by atoms with Gasteiger partial charge in [0.2, 0.25) is 0 Å². The molecule has 0 amide bonds. The van der Waals surface area contributed by atoms with Crippen molar-refractivity contribution in [2.45, 2.75) is 57.8 Å². The van der Waals surface area contributed by atoms with Crippen molar-refractivity contribution in [2.75, 3.05) is 9.80 Å². The number of nitrogens with zero attached hydrogens (tertiary/aromatic N) is 2. The zero-order valence-corrected chi connectivity index (χ0v) is 53.3. The number of benzene rings is 15. The van der Waals surface area contributed by atoms with Crippen molar-refractivity contribution in [3.8, 4) is 66.8 Å². The quantitative estimate of drug-likeness (QED) is 0.133. The minimum Gasteiger partial charge on any atom is -0.310 e. The van der Waals surface area contributed by atoms with E-state index in [4.69, 9.17) is 0 Å². The molecule has 0 unspecified atom stereocenters. The Bertz CT molecular complexity index is 5540. The molecule has 15 aromatic carbocycles. The fraction of sp³-hybridized carbons (Fsp3) is 0.0989. The summed E-state index contributed by atoms with van der Waals surface area (Å²) < 4.78 is 0. The molecule has 0 radical (unpaired) electrons. The number of hydrogen-bond acceptors (Lipinski definition) is 2. The highest BCUT2D eigenvalue weighted by molar-refractivity contribution is 6.23. The van der Waals surface area contributed by atoms with E-state index >= 15 is 0 Å². The van der Waals surface area contributed by atoms with Gasteiger partial charge in [-0.05, 0) is 228 Å². The maximum atomic E-state index is 2.55. The van der Waals surface area contributed by atoms with Crippen LogP contribution in [0.25, 0.3) is 110 Å². The molecule has 18 rings (SSSR count). The van der Waals surface area contributed by atoms with Gasteiger partial charge in [-0.2, -0.15) is 0 Å². The molecular weight excluding hydrogens is 1120 g/mol. The molecule has 0 N–H and O–H groups in total. The van der Waals surface area contributed by atoms with E-state index in [9.17, 15) is 0 Å². The molecular formula is C91H68N2. The Morgan fingerprint density at radius 2 is 0.559 bits per heavy atom. The standard InChI is InChI=1S/C91H68N2/c1-89(2)81-33-21-20-32-71(81)72-49-42-68(56-84(72)89)93(65-40-34-58(35-41-65)57-22-10-7-11-23-57)67-44-51-76-80(55-67)86(62-39-46-74-78-48-37-60-25-17-19-31-70(60)88(78)91(5,6)83(74)53-62)75-50-43-66(92(63-26-12-8-13-27-63)64-28-14-9-15-29-64)54-79(75)85(76)61-38-45-73-77-47-36-59-24-16-18-30-69(59)87(77)90(3,4)82(73)52-61/h7-56H,1-6H3. The Morgan fingerprint density at radius 3 is 1.10 bits per heavy atom. The normalized spacial score (nSPS) is 14.2. The van der Waals surface area contributed by atoms with Crippen LogP contribution >= 0.6 is 0 Å². The van der Waals surface area contributed by atoms with E-state index < -0.39 is 0 Å². The van der Waals surface area contributed by atoms with Crippen molar-refractivity contribution in [1.82, 2.24) is 0 Å². The fourth-order valence-corrected chi connectivity index (χ4v) is 16.9. The lowest BCUT2D eigenvalue weighted by Crippen LogP contribution is -2.16. The third kappa shape index (κ3) is 8.27. The summed E-state index contributed by atoms with van der Waals surface area (Å²) in [6.45, 7) is 14.5. The second-order valence-electron chi connectivity index (χ2n) is 27.6. The van der Waals surface area contributed by atoms with Gasteiger partial charge in [-0.25, -0.2) is 0 Å². The number of fused-ring (bicyclic) bond motifs is 15. The summed E-state index contributed by atoms with van der Waals surface area (Å²) in [4.78, 5) is 4.93. The molecule has 0 saturated heterocycles. The van der Waals surface area contributed by atoms with Gasteiger partial charge in [-0.3, -0.25) is 0 Å². The van der Waals surface area contributed by atoms with Crippen molar-refractivity contribution in [3.63, 3.8) is 0 Å². The maximum absolute atomic E-state index is 2.55. The highest BCUT2D eigenvalue weighted by atomic mass is 15.1. The van der Waals surface area contributed by atoms with Gasteiger partial charge < -0.3 is 9.80 Å². The smallest absolute Gasteiger partial charge is 0.0468 e. The van der Waals surface area contributed by atoms with E-state index in [2.05, 4.69) is 355 Å². The summed E-state index contributed by atoms with van der Waals surface area (Å²) in [6.07, 6.45) is 0. The molecule has 2 heteroatoms. The molecule has 2 nitrogen and oxygen atoms in total. The summed E-state index contributed by atoms with van der Waals surface area (Å²) in [7, 11) is 0. The second kappa shape index (κ2) is 20.5. The van der Waals surface area contributed by atoms with E-state index in [1.165, 1.54) is 143 Å². The molecule has 0 spiro atoms. The van der Waals surface area contributed by atoms with Crippen molar-refractivity contribution < 1.29 is 0 Å². The SMILES string of the molecule is CC1(C)c2ccccc2-c2ccc(N(c3ccc(-c4ccccc4)cc3)c3ccc4c(-c5ccc6c(c5)C(C)(C)c5c-6ccc6ccccc56)c5cc(N(c6ccccc6)c6ccccc6)ccc5c(-c5ccc6c(c5)C(C)(C)c5c-6ccc6ccccc56)c4c3)cc21. The highest BCUT2D eigenvalue weighted by Crippen LogP contribution is 2.58. The third-order valence-electron chi connectivity index (χ3n) is 21.3. The van der Waals surface area contributed by atoms with Gasteiger partial charge >= 0.3 is 0 Å². The van der Waals surface area contributed by atoms with E-state index in [0.717, 1.165) is 34.1 Å². The fourth-order valence-electron chi connectivity index (χ4n) is 16.9. The van der Waals surface area contributed by atoms with Gasteiger partial charge in [-0.1, -0.05) is 260 Å². The minimum absolute atomic E-state index is 0.198.